The van der Waals surface area contributed by atoms with Crippen molar-refractivity contribution in [3.05, 3.63) is 52.6 Å². The standard InChI is InChI=1S/C8H11N3O3S.C7H8O3S/c9-5-1-2-11(8(13)10-5)6-4-15-7(3-12)14-6;1-6-2-4-7(5-3-6)11(8,9)10/h1-2,6-7,12H,3-4H2,(H2,9,10,13);2-5H,1H3,(H,8,9,10)/t6-,7+;/m0./s1. The van der Waals surface area contributed by atoms with Gasteiger partial charge in [-0.05, 0) is 25.1 Å². The Hall–Kier alpha value is -1.92. The Labute approximate surface area is 154 Å². The predicted octanol–water partition coefficient (Wildman–Crippen LogP) is 0.648. The van der Waals surface area contributed by atoms with Crippen LogP contribution < -0.4 is 11.4 Å². The molecule has 2 heterocycles. The van der Waals surface area contributed by atoms with Gasteiger partial charge in [-0.1, -0.05) is 17.7 Å². The van der Waals surface area contributed by atoms with Gasteiger partial charge in [0.15, 0.2) is 0 Å². The van der Waals surface area contributed by atoms with Gasteiger partial charge in [0.2, 0.25) is 0 Å². The summed E-state index contributed by atoms with van der Waals surface area (Å²) < 4.78 is 36.3. The van der Waals surface area contributed by atoms with Crippen LogP contribution in [0.1, 0.15) is 11.8 Å². The lowest BCUT2D eigenvalue weighted by Gasteiger charge is -2.13. The predicted molar refractivity (Wildman–Crippen MR) is 97.4 cm³/mol. The average molecular weight is 401 g/mol. The number of aryl methyl sites for hydroxylation is 1. The van der Waals surface area contributed by atoms with Crippen LogP contribution in [0.2, 0.25) is 0 Å². The van der Waals surface area contributed by atoms with Gasteiger partial charge in [-0.25, -0.2) is 4.79 Å². The van der Waals surface area contributed by atoms with Crippen molar-refractivity contribution in [2.75, 3.05) is 18.1 Å². The van der Waals surface area contributed by atoms with Crippen molar-refractivity contribution in [1.82, 2.24) is 9.55 Å². The summed E-state index contributed by atoms with van der Waals surface area (Å²) in [5.41, 5.74) is 5.63. The largest absolute Gasteiger partial charge is 0.393 e. The summed E-state index contributed by atoms with van der Waals surface area (Å²) in [6, 6.07) is 7.53. The maximum Gasteiger partial charge on any atom is 0.351 e. The molecule has 2 aromatic rings. The average Bonchev–Trinajstić information content (AvgIpc) is 3.04. The molecule has 1 aromatic carbocycles. The van der Waals surface area contributed by atoms with Crippen LogP contribution in [0, 0.1) is 6.92 Å². The van der Waals surface area contributed by atoms with Crippen molar-refractivity contribution in [3.8, 4) is 0 Å². The number of ether oxygens (including phenoxy) is 1. The number of hydrogen-bond acceptors (Lipinski definition) is 8. The zero-order valence-corrected chi connectivity index (χ0v) is 15.5. The minimum absolute atomic E-state index is 0.0572. The number of aliphatic hydroxyl groups is 1. The second-order valence-electron chi connectivity index (χ2n) is 5.37. The van der Waals surface area contributed by atoms with E-state index in [4.69, 9.17) is 20.1 Å². The van der Waals surface area contributed by atoms with Gasteiger partial charge in [0.05, 0.1) is 11.5 Å². The highest BCUT2D eigenvalue weighted by atomic mass is 32.2. The molecule has 4 N–H and O–H groups in total. The molecule has 1 aliphatic heterocycles. The highest BCUT2D eigenvalue weighted by Crippen LogP contribution is 2.30. The van der Waals surface area contributed by atoms with Crippen LogP contribution in [0.25, 0.3) is 0 Å². The molecule has 0 amide bonds. The molecule has 1 aromatic heterocycles. The number of rotatable bonds is 3. The van der Waals surface area contributed by atoms with Crippen molar-refractivity contribution in [3.63, 3.8) is 0 Å². The number of thioether (sulfide) groups is 1. The van der Waals surface area contributed by atoms with E-state index in [2.05, 4.69) is 4.98 Å². The summed E-state index contributed by atoms with van der Waals surface area (Å²) in [5, 5.41) is 8.88. The fraction of sp³-hybridized carbons (Fsp3) is 0.333. The summed E-state index contributed by atoms with van der Waals surface area (Å²) >= 11 is 1.47. The zero-order chi connectivity index (χ0) is 19.3. The molecule has 0 unspecified atom stereocenters. The molecular formula is C15H19N3O6S2. The summed E-state index contributed by atoms with van der Waals surface area (Å²) in [4.78, 5) is 15.0. The quantitative estimate of drug-likeness (QED) is 0.631. The molecule has 11 heteroatoms. The van der Waals surface area contributed by atoms with Crippen LogP contribution in [-0.2, 0) is 14.9 Å². The number of aliphatic hydroxyl groups excluding tert-OH is 1. The monoisotopic (exact) mass is 401 g/mol. The number of nitrogens with two attached hydrogens (primary N) is 1. The first-order valence-electron chi connectivity index (χ1n) is 7.47. The molecular weight excluding hydrogens is 382 g/mol. The Kier molecular flexibility index (Phi) is 6.78. The molecule has 0 aliphatic carbocycles. The van der Waals surface area contributed by atoms with Gasteiger partial charge >= 0.3 is 5.69 Å². The van der Waals surface area contributed by atoms with E-state index < -0.39 is 15.8 Å². The lowest BCUT2D eigenvalue weighted by Crippen LogP contribution is -2.28. The molecule has 26 heavy (non-hydrogen) atoms. The number of nitrogens with zero attached hydrogens (tertiary/aromatic N) is 2. The number of benzene rings is 1. The minimum Gasteiger partial charge on any atom is -0.393 e. The van der Waals surface area contributed by atoms with Gasteiger partial charge < -0.3 is 15.6 Å². The Morgan fingerprint density at radius 1 is 1.35 bits per heavy atom. The fourth-order valence-corrected chi connectivity index (χ4v) is 3.45. The van der Waals surface area contributed by atoms with Crippen LogP contribution in [0.3, 0.4) is 0 Å². The molecule has 0 spiro atoms. The lowest BCUT2D eigenvalue weighted by molar-refractivity contribution is -0.00629. The fourth-order valence-electron chi connectivity index (χ4n) is 2.04. The van der Waals surface area contributed by atoms with Gasteiger partial charge in [0, 0.05) is 11.9 Å². The highest BCUT2D eigenvalue weighted by molar-refractivity contribution is 8.00. The van der Waals surface area contributed by atoms with Crippen molar-refractivity contribution in [1.29, 1.82) is 0 Å². The Morgan fingerprint density at radius 3 is 2.50 bits per heavy atom. The molecule has 9 nitrogen and oxygen atoms in total. The zero-order valence-electron chi connectivity index (χ0n) is 13.8. The Morgan fingerprint density at radius 2 is 2.00 bits per heavy atom. The van der Waals surface area contributed by atoms with E-state index in [1.54, 1.807) is 24.4 Å². The number of anilines is 1. The van der Waals surface area contributed by atoms with Crippen LogP contribution in [0.15, 0.2) is 46.2 Å². The highest BCUT2D eigenvalue weighted by Gasteiger charge is 2.27. The third-order valence-corrected chi connectivity index (χ3v) is 5.34. The van der Waals surface area contributed by atoms with Gasteiger partial charge in [-0.2, -0.15) is 13.4 Å². The van der Waals surface area contributed by atoms with Gasteiger partial charge in [-0.3, -0.25) is 9.12 Å². The second-order valence-corrected chi connectivity index (χ2v) is 7.98. The number of aromatic nitrogens is 2. The second kappa shape index (κ2) is 8.64. The summed E-state index contributed by atoms with van der Waals surface area (Å²) in [6.07, 6.45) is 1.18. The SMILES string of the molecule is Cc1ccc(S(=O)(=O)O)cc1.Nc1ccn([C@@H]2CS[C@H](CO)O2)c(=O)n1. The van der Waals surface area contributed by atoms with Crippen molar-refractivity contribution in [2.24, 2.45) is 0 Å². The van der Waals surface area contributed by atoms with Gasteiger partial charge in [0.25, 0.3) is 10.1 Å². The Balaban J connectivity index is 0.000000197. The first kappa shape index (κ1) is 20.4. The van der Waals surface area contributed by atoms with E-state index in [0.29, 0.717) is 5.75 Å². The maximum absolute atomic E-state index is 11.4. The Bertz CT molecular complexity index is 898. The minimum atomic E-state index is -4.02. The van der Waals surface area contributed by atoms with E-state index >= 15 is 0 Å². The topological polar surface area (TPSA) is 145 Å². The molecule has 1 fully saturated rings. The van der Waals surface area contributed by atoms with Crippen LogP contribution in [-0.4, -0.2) is 45.4 Å². The molecule has 142 valence electrons. The summed E-state index contributed by atoms with van der Waals surface area (Å²) in [7, 11) is -4.02. The molecule has 0 radical (unpaired) electrons. The number of nitrogen functional groups attached to an aromatic ring is 1. The van der Waals surface area contributed by atoms with Crippen LogP contribution >= 0.6 is 11.8 Å². The molecule has 0 bridgehead atoms. The molecule has 1 saturated heterocycles. The molecule has 1 aliphatic rings. The van der Waals surface area contributed by atoms with E-state index in [9.17, 15) is 13.2 Å². The van der Waals surface area contributed by atoms with Crippen molar-refractivity contribution < 1.29 is 22.8 Å². The van der Waals surface area contributed by atoms with Gasteiger partial charge in [0.1, 0.15) is 17.5 Å². The number of hydrogen-bond donors (Lipinski definition) is 3. The first-order valence-corrected chi connectivity index (χ1v) is 9.96. The first-order chi connectivity index (χ1) is 12.2. The van der Waals surface area contributed by atoms with Crippen LogP contribution in [0.4, 0.5) is 5.82 Å². The van der Waals surface area contributed by atoms with Crippen molar-refractivity contribution in [2.45, 2.75) is 23.5 Å². The smallest absolute Gasteiger partial charge is 0.351 e. The summed E-state index contributed by atoms with van der Waals surface area (Å²) in [6.45, 7) is 1.78. The van der Waals surface area contributed by atoms with Crippen LogP contribution in [0.5, 0.6) is 0 Å². The van der Waals surface area contributed by atoms with E-state index in [0.717, 1.165) is 5.56 Å². The van der Waals surface area contributed by atoms with E-state index in [-0.39, 0.29) is 29.0 Å². The molecule has 3 rings (SSSR count). The maximum atomic E-state index is 11.4. The molecule has 0 saturated carbocycles. The lowest BCUT2D eigenvalue weighted by atomic mass is 10.2. The van der Waals surface area contributed by atoms with E-state index in [1.807, 2.05) is 6.92 Å². The van der Waals surface area contributed by atoms with Crippen molar-refractivity contribution >= 4 is 27.7 Å². The normalized spacial score (nSPS) is 19.7. The molecule has 2 atom stereocenters. The summed E-state index contributed by atoms with van der Waals surface area (Å²) in [5.74, 6) is 0.817. The third-order valence-electron chi connectivity index (χ3n) is 3.36. The van der Waals surface area contributed by atoms with Gasteiger partial charge in [-0.15, -0.1) is 11.8 Å². The third kappa shape index (κ3) is 5.54. The van der Waals surface area contributed by atoms with E-state index in [1.165, 1.54) is 28.5 Å².